The number of ether oxygens (including phenoxy) is 1. The SMILES string of the molecule is O=C(CSc1nnc(-c2cccs2)n1C[C@@H]1CCCO1)NCc1ccccc1F. The predicted octanol–water partition coefficient (Wildman–Crippen LogP) is 3.73. The first-order valence-electron chi connectivity index (χ1n) is 9.42. The van der Waals surface area contributed by atoms with Crippen molar-refractivity contribution < 1.29 is 13.9 Å². The average molecular weight is 433 g/mol. The molecular formula is C20H21FN4O2S2. The van der Waals surface area contributed by atoms with Crippen LogP contribution in [0.2, 0.25) is 0 Å². The van der Waals surface area contributed by atoms with E-state index >= 15 is 0 Å². The van der Waals surface area contributed by atoms with Gasteiger partial charge >= 0.3 is 0 Å². The number of nitrogens with one attached hydrogen (secondary N) is 1. The number of aromatic nitrogens is 3. The van der Waals surface area contributed by atoms with E-state index in [9.17, 15) is 9.18 Å². The van der Waals surface area contributed by atoms with Crippen molar-refractivity contribution in [3.63, 3.8) is 0 Å². The van der Waals surface area contributed by atoms with Gasteiger partial charge in [-0.05, 0) is 30.4 Å². The molecule has 0 unspecified atom stereocenters. The van der Waals surface area contributed by atoms with Gasteiger partial charge in [0, 0.05) is 18.7 Å². The molecule has 3 aromatic rings. The Kier molecular flexibility index (Phi) is 6.58. The number of hydrogen-bond donors (Lipinski definition) is 1. The lowest BCUT2D eigenvalue weighted by atomic mass is 10.2. The number of halogens is 1. The summed E-state index contributed by atoms with van der Waals surface area (Å²) in [5.74, 6) is 0.479. The Morgan fingerprint density at radius 2 is 2.21 bits per heavy atom. The van der Waals surface area contributed by atoms with Gasteiger partial charge in [-0.1, -0.05) is 36.0 Å². The molecule has 9 heteroatoms. The molecule has 1 aromatic carbocycles. The van der Waals surface area contributed by atoms with Crippen molar-refractivity contribution >= 4 is 29.0 Å². The number of carbonyl (C=O) groups excluding carboxylic acids is 1. The van der Waals surface area contributed by atoms with Crippen molar-refractivity contribution in [3.8, 4) is 10.7 Å². The smallest absolute Gasteiger partial charge is 0.230 e. The second-order valence-electron chi connectivity index (χ2n) is 6.69. The topological polar surface area (TPSA) is 69.0 Å². The normalized spacial score (nSPS) is 16.2. The fraction of sp³-hybridized carbons (Fsp3) is 0.350. The highest BCUT2D eigenvalue weighted by Crippen LogP contribution is 2.29. The van der Waals surface area contributed by atoms with Gasteiger partial charge in [-0.15, -0.1) is 21.5 Å². The van der Waals surface area contributed by atoms with Gasteiger partial charge in [-0.2, -0.15) is 0 Å². The molecule has 1 fully saturated rings. The van der Waals surface area contributed by atoms with Gasteiger partial charge in [0.1, 0.15) is 5.82 Å². The van der Waals surface area contributed by atoms with Crippen molar-refractivity contribution in [3.05, 3.63) is 53.2 Å². The number of benzene rings is 1. The molecule has 6 nitrogen and oxygen atoms in total. The second-order valence-corrected chi connectivity index (χ2v) is 8.58. The molecule has 152 valence electrons. The maximum Gasteiger partial charge on any atom is 0.230 e. The van der Waals surface area contributed by atoms with Gasteiger partial charge in [0.25, 0.3) is 0 Å². The Balaban J connectivity index is 1.41. The van der Waals surface area contributed by atoms with E-state index < -0.39 is 0 Å². The van der Waals surface area contributed by atoms with Gasteiger partial charge < -0.3 is 10.1 Å². The first-order chi connectivity index (χ1) is 14.2. The molecule has 2 aromatic heterocycles. The summed E-state index contributed by atoms with van der Waals surface area (Å²) in [6, 6.07) is 10.4. The highest BCUT2D eigenvalue weighted by atomic mass is 32.2. The molecule has 0 aliphatic carbocycles. The number of rotatable bonds is 8. The van der Waals surface area contributed by atoms with Crippen LogP contribution in [0.3, 0.4) is 0 Å². The highest BCUT2D eigenvalue weighted by Gasteiger charge is 2.22. The van der Waals surface area contributed by atoms with E-state index in [2.05, 4.69) is 15.5 Å². The fourth-order valence-electron chi connectivity index (χ4n) is 3.16. The van der Waals surface area contributed by atoms with Gasteiger partial charge in [0.15, 0.2) is 11.0 Å². The lowest BCUT2D eigenvalue weighted by Gasteiger charge is -2.14. The third-order valence-electron chi connectivity index (χ3n) is 4.63. The fourth-order valence-corrected chi connectivity index (χ4v) is 4.65. The number of hydrogen-bond acceptors (Lipinski definition) is 6. The summed E-state index contributed by atoms with van der Waals surface area (Å²) >= 11 is 2.93. The van der Waals surface area contributed by atoms with Crippen molar-refractivity contribution in [1.82, 2.24) is 20.1 Å². The number of thiophene rings is 1. The van der Waals surface area contributed by atoms with E-state index in [1.165, 1.54) is 17.8 Å². The van der Waals surface area contributed by atoms with Crippen LogP contribution in [0.15, 0.2) is 46.9 Å². The minimum Gasteiger partial charge on any atom is -0.376 e. The van der Waals surface area contributed by atoms with E-state index in [0.29, 0.717) is 17.3 Å². The molecule has 0 spiro atoms. The zero-order chi connectivity index (χ0) is 20.1. The van der Waals surface area contributed by atoms with Crippen molar-refractivity contribution in [1.29, 1.82) is 0 Å². The summed E-state index contributed by atoms with van der Waals surface area (Å²) in [5.41, 5.74) is 0.465. The van der Waals surface area contributed by atoms with Gasteiger partial charge in [0.2, 0.25) is 5.91 Å². The average Bonchev–Trinajstić information content (AvgIpc) is 3.48. The van der Waals surface area contributed by atoms with Crippen molar-refractivity contribution in [2.75, 3.05) is 12.4 Å². The first-order valence-corrected chi connectivity index (χ1v) is 11.3. The quantitative estimate of drug-likeness (QED) is 0.549. The molecule has 1 N–H and O–H groups in total. The van der Waals surface area contributed by atoms with Crippen LogP contribution in [-0.4, -0.2) is 39.1 Å². The lowest BCUT2D eigenvalue weighted by molar-refractivity contribution is -0.118. The zero-order valence-corrected chi connectivity index (χ0v) is 17.3. The standard InChI is InChI=1S/C20H21FN4O2S2/c21-16-7-2-1-5-14(16)11-22-18(26)13-29-20-24-23-19(17-8-4-10-28-17)25(20)12-15-6-3-9-27-15/h1-2,4-5,7-8,10,15H,3,6,9,11-13H2,(H,22,26)/t15-/m0/s1. The van der Waals surface area contributed by atoms with E-state index in [-0.39, 0.29) is 30.1 Å². The molecule has 1 aliphatic heterocycles. The molecule has 1 atom stereocenters. The molecule has 1 aliphatic rings. The largest absolute Gasteiger partial charge is 0.376 e. The third-order valence-corrected chi connectivity index (χ3v) is 6.47. The van der Waals surface area contributed by atoms with E-state index in [1.54, 1.807) is 29.5 Å². The highest BCUT2D eigenvalue weighted by molar-refractivity contribution is 7.99. The maximum atomic E-state index is 13.7. The van der Waals surface area contributed by atoms with E-state index in [1.807, 2.05) is 22.1 Å². The van der Waals surface area contributed by atoms with Crippen LogP contribution in [0.25, 0.3) is 10.7 Å². The van der Waals surface area contributed by atoms with Crippen LogP contribution in [0.5, 0.6) is 0 Å². The van der Waals surface area contributed by atoms with Crippen LogP contribution in [-0.2, 0) is 22.6 Å². The van der Waals surface area contributed by atoms with Crippen molar-refractivity contribution in [2.24, 2.45) is 0 Å². The molecule has 0 radical (unpaired) electrons. The van der Waals surface area contributed by atoms with Crippen LogP contribution >= 0.6 is 23.1 Å². The second kappa shape index (κ2) is 9.51. The van der Waals surface area contributed by atoms with Crippen LogP contribution in [0.1, 0.15) is 18.4 Å². The maximum absolute atomic E-state index is 13.7. The molecule has 1 saturated heterocycles. The Labute approximate surface area is 176 Å². The number of thioether (sulfide) groups is 1. The van der Waals surface area contributed by atoms with Gasteiger partial charge in [-0.3, -0.25) is 9.36 Å². The Morgan fingerprint density at radius 1 is 1.31 bits per heavy atom. The summed E-state index contributed by atoms with van der Waals surface area (Å²) in [5, 5.41) is 14.1. The van der Waals surface area contributed by atoms with Gasteiger partial charge in [-0.25, -0.2) is 4.39 Å². The lowest BCUT2D eigenvalue weighted by Crippen LogP contribution is -2.25. The number of nitrogens with zero attached hydrogens (tertiary/aromatic N) is 3. The Bertz CT molecular complexity index is 955. The summed E-state index contributed by atoms with van der Waals surface area (Å²) in [4.78, 5) is 13.3. The van der Waals surface area contributed by atoms with E-state index in [4.69, 9.17) is 4.74 Å². The monoisotopic (exact) mass is 432 g/mol. The van der Waals surface area contributed by atoms with Crippen molar-refractivity contribution in [2.45, 2.75) is 37.2 Å². The van der Waals surface area contributed by atoms with Gasteiger partial charge in [0.05, 0.1) is 23.3 Å². The minimum atomic E-state index is -0.322. The molecule has 4 rings (SSSR count). The number of carbonyl (C=O) groups is 1. The third kappa shape index (κ3) is 5.04. The number of amides is 1. The molecule has 0 saturated carbocycles. The van der Waals surface area contributed by atoms with Crippen LogP contribution in [0, 0.1) is 5.82 Å². The molecule has 3 heterocycles. The predicted molar refractivity (Wildman–Crippen MR) is 111 cm³/mol. The molecule has 1 amide bonds. The summed E-state index contributed by atoms with van der Waals surface area (Å²) in [6.45, 7) is 1.61. The zero-order valence-electron chi connectivity index (χ0n) is 15.7. The Morgan fingerprint density at radius 3 is 2.97 bits per heavy atom. The Hall–Kier alpha value is -2.23. The summed E-state index contributed by atoms with van der Waals surface area (Å²) in [7, 11) is 0. The molecule has 0 bridgehead atoms. The van der Waals surface area contributed by atoms with Crippen LogP contribution in [0.4, 0.5) is 4.39 Å². The molecule has 29 heavy (non-hydrogen) atoms. The molecular weight excluding hydrogens is 411 g/mol. The summed E-state index contributed by atoms with van der Waals surface area (Å²) < 4.78 is 21.5. The summed E-state index contributed by atoms with van der Waals surface area (Å²) in [6.07, 6.45) is 2.20. The van der Waals surface area contributed by atoms with E-state index in [0.717, 1.165) is 30.2 Å². The first kappa shape index (κ1) is 20.1. The minimum absolute atomic E-state index is 0.138. The van der Waals surface area contributed by atoms with Crippen LogP contribution < -0.4 is 5.32 Å².